The van der Waals surface area contributed by atoms with Crippen LogP contribution in [0.2, 0.25) is 10.0 Å². The van der Waals surface area contributed by atoms with Crippen LogP contribution in [0.5, 0.6) is 0 Å². The Hall–Kier alpha value is -1.01. The topological polar surface area (TPSA) is 59.3 Å². The summed E-state index contributed by atoms with van der Waals surface area (Å²) in [6, 6.07) is 7.64. The molecule has 20 heavy (non-hydrogen) atoms. The Kier molecular flexibility index (Phi) is 4.75. The smallest absolute Gasteiger partial charge is 0.185 e. The fraction of sp³-hybridized carbons (Fsp3) is 0.231. The summed E-state index contributed by atoms with van der Waals surface area (Å²) in [6.45, 7) is 0.548. The lowest BCUT2D eigenvalue weighted by atomic mass is 10.4. The van der Waals surface area contributed by atoms with Crippen molar-refractivity contribution in [2.45, 2.75) is 17.2 Å². The highest BCUT2D eigenvalue weighted by Gasteiger charge is 2.18. The van der Waals surface area contributed by atoms with Gasteiger partial charge in [0.1, 0.15) is 17.3 Å². The molecule has 1 aromatic heterocycles. The van der Waals surface area contributed by atoms with Crippen LogP contribution in [0.3, 0.4) is 0 Å². The molecule has 2 rings (SSSR count). The van der Waals surface area contributed by atoms with Gasteiger partial charge in [0, 0.05) is 0 Å². The summed E-state index contributed by atoms with van der Waals surface area (Å²) in [4.78, 5) is 0.124. The molecule has 1 heterocycles. The summed E-state index contributed by atoms with van der Waals surface area (Å²) >= 11 is 11.6. The summed E-state index contributed by atoms with van der Waals surface area (Å²) < 4.78 is 29.9. The third-order valence-electron chi connectivity index (χ3n) is 2.65. The van der Waals surface area contributed by atoms with Crippen LogP contribution in [-0.4, -0.2) is 15.5 Å². The van der Waals surface area contributed by atoms with Crippen molar-refractivity contribution in [2.24, 2.45) is 0 Å². The molecule has 7 heteroatoms. The summed E-state index contributed by atoms with van der Waals surface area (Å²) in [5.74, 6) is 0.863. The Bertz CT molecular complexity index is 710. The van der Waals surface area contributed by atoms with E-state index in [0.29, 0.717) is 23.1 Å². The molecule has 0 unspecified atom stereocenters. The minimum Gasteiger partial charge on any atom is -0.464 e. The highest BCUT2D eigenvalue weighted by molar-refractivity contribution is 7.90. The highest BCUT2D eigenvalue weighted by atomic mass is 35.5. The van der Waals surface area contributed by atoms with Crippen molar-refractivity contribution >= 4 is 33.0 Å². The van der Waals surface area contributed by atoms with Crippen LogP contribution in [-0.2, 0) is 22.1 Å². The maximum absolute atomic E-state index is 12.3. The van der Waals surface area contributed by atoms with Crippen molar-refractivity contribution in [3.8, 4) is 0 Å². The summed E-state index contributed by atoms with van der Waals surface area (Å²) in [5.41, 5.74) is 0. The van der Waals surface area contributed by atoms with Crippen molar-refractivity contribution in [3.63, 3.8) is 0 Å². The first-order chi connectivity index (χ1) is 9.42. The Balaban J connectivity index is 2.23. The largest absolute Gasteiger partial charge is 0.464 e. The molecule has 0 fully saturated rings. The van der Waals surface area contributed by atoms with E-state index in [1.54, 1.807) is 19.2 Å². The average Bonchev–Trinajstić information content (AvgIpc) is 2.79. The predicted molar refractivity (Wildman–Crippen MR) is 78.8 cm³/mol. The Morgan fingerprint density at radius 1 is 1.10 bits per heavy atom. The lowest BCUT2D eigenvalue weighted by molar-refractivity contribution is 0.465. The van der Waals surface area contributed by atoms with Gasteiger partial charge in [-0.2, -0.15) is 0 Å². The van der Waals surface area contributed by atoms with E-state index >= 15 is 0 Å². The molecule has 1 N–H and O–H groups in total. The number of nitrogens with one attached hydrogen (secondary N) is 1. The van der Waals surface area contributed by atoms with Gasteiger partial charge in [-0.05, 0) is 37.4 Å². The van der Waals surface area contributed by atoms with Gasteiger partial charge in [0.05, 0.1) is 21.5 Å². The van der Waals surface area contributed by atoms with Crippen LogP contribution < -0.4 is 5.32 Å². The summed E-state index contributed by atoms with van der Waals surface area (Å²) in [7, 11) is -1.73. The Morgan fingerprint density at radius 3 is 2.45 bits per heavy atom. The van der Waals surface area contributed by atoms with Gasteiger partial charge in [0.2, 0.25) is 0 Å². The van der Waals surface area contributed by atoms with E-state index in [1.807, 2.05) is 0 Å². The fourth-order valence-corrected chi connectivity index (χ4v) is 3.34. The number of benzene rings is 1. The molecule has 0 saturated heterocycles. The quantitative estimate of drug-likeness (QED) is 0.912. The number of sulfone groups is 1. The van der Waals surface area contributed by atoms with E-state index in [0.717, 1.165) is 0 Å². The molecule has 2 aromatic rings. The van der Waals surface area contributed by atoms with Crippen LogP contribution in [0.15, 0.2) is 39.6 Å². The van der Waals surface area contributed by atoms with Crippen molar-refractivity contribution in [1.29, 1.82) is 0 Å². The molecular formula is C13H13Cl2NO3S. The molecule has 0 saturated carbocycles. The van der Waals surface area contributed by atoms with E-state index < -0.39 is 9.84 Å². The number of furan rings is 1. The standard InChI is InChI=1S/C13H13Cl2NO3S/c1-16-7-9-2-3-10(19-9)8-20(17,18)11-4-5-12(14)13(15)6-11/h2-6,16H,7-8H2,1H3. The van der Waals surface area contributed by atoms with Gasteiger partial charge in [-0.25, -0.2) is 8.42 Å². The molecule has 0 aliphatic rings. The third kappa shape index (κ3) is 3.55. The molecule has 0 bridgehead atoms. The van der Waals surface area contributed by atoms with E-state index in [9.17, 15) is 8.42 Å². The van der Waals surface area contributed by atoms with Crippen molar-refractivity contribution < 1.29 is 12.8 Å². The highest BCUT2D eigenvalue weighted by Crippen LogP contribution is 2.26. The molecule has 4 nitrogen and oxygen atoms in total. The molecule has 108 valence electrons. The summed E-state index contributed by atoms with van der Waals surface area (Å²) in [6.07, 6.45) is 0. The molecule has 0 radical (unpaired) electrons. The Morgan fingerprint density at radius 2 is 1.80 bits per heavy atom. The second-order valence-electron chi connectivity index (χ2n) is 4.23. The molecule has 0 aliphatic heterocycles. The number of hydrogen-bond donors (Lipinski definition) is 1. The van der Waals surface area contributed by atoms with Gasteiger partial charge >= 0.3 is 0 Å². The first kappa shape index (κ1) is 15.4. The zero-order valence-electron chi connectivity index (χ0n) is 10.7. The number of hydrogen-bond acceptors (Lipinski definition) is 4. The molecular weight excluding hydrogens is 321 g/mol. The van der Waals surface area contributed by atoms with Gasteiger partial charge in [-0.1, -0.05) is 23.2 Å². The Labute approximate surface area is 127 Å². The van der Waals surface area contributed by atoms with Gasteiger partial charge in [0.15, 0.2) is 9.84 Å². The van der Waals surface area contributed by atoms with Crippen LogP contribution in [0, 0.1) is 0 Å². The summed E-state index contributed by atoms with van der Waals surface area (Å²) in [5, 5.41) is 3.46. The monoisotopic (exact) mass is 333 g/mol. The molecule has 0 atom stereocenters. The van der Waals surface area contributed by atoms with E-state index in [1.165, 1.54) is 18.2 Å². The molecule has 1 aromatic carbocycles. The first-order valence-corrected chi connectivity index (χ1v) is 8.23. The first-order valence-electron chi connectivity index (χ1n) is 5.82. The number of rotatable bonds is 5. The SMILES string of the molecule is CNCc1ccc(CS(=O)(=O)c2ccc(Cl)c(Cl)c2)o1. The van der Waals surface area contributed by atoms with Gasteiger partial charge in [-0.3, -0.25) is 0 Å². The van der Waals surface area contributed by atoms with E-state index in [2.05, 4.69) is 5.32 Å². The molecule has 0 spiro atoms. The van der Waals surface area contributed by atoms with Gasteiger partial charge < -0.3 is 9.73 Å². The van der Waals surface area contributed by atoms with Crippen LogP contribution >= 0.6 is 23.2 Å². The maximum atomic E-state index is 12.3. The zero-order chi connectivity index (χ0) is 14.8. The fourth-order valence-electron chi connectivity index (χ4n) is 1.71. The van der Waals surface area contributed by atoms with Crippen molar-refractivity contribution in [2.75, 3.05) is 7.05 Å². The second kappa shape index (κ2) is 6.18. The van der Waals surface area contributed by atoms with Crippen LogP contribution in [0.25, 0.3) is 0 Å². The number of halogens is 2. The minimum atomic E-state index is -3.51. The normalized spacial score (nSPS) is 11.8. The van der Waals surface area contributed by atoms with E-state index in [4.69, 9.17) is 27.6 Å². The second-order valence-corrected chi connectivity index (χ2v) is 7.04. The van der Waals surface area contributed by atoms with E-state index in [-0.39, 0.29) is 15.7 Å². The molecule has 0 aliphatic carbocycles. The van der Waals surface area contributed by atoms with Crippen molar-refractivity contribution in [1.82, 2.24) is 5.32 Å². The lowest BCUT2D eigenvalue weighted by Gasteiger charge is -2.04. The van der Waals surface area contributed by atoms with Crippen molar-refractivity contribution in [3.05, 3.63) is 51.9 Å². The van der Waals surface area contributed by atoms with Gasteiger partial charge in [0.25, 0.3) is 0 Å². The van der Waals surface area contributed by atoms with Crippen LogP contribution in [0.1, 0.15) is 11.5 Å². The zero-order valence-corrected chi connectivity index (χ0v) is 13.0. The van der Waals surface area contributed by atoms with Crippen LogP contribution in [0.4, 0.5) is 0 Å². The van der Waals surface area contributed by atoms with Gasteiger partial charge in [-0.15, -0.1) is 0 Å². The predicted octanol–water partition coefficient (Wildman–Crippen LogP) is 3.28. The lowest BCUT2D eigenvalue weighted by Crippen LogP contribution is -2.05. The molecule has 0 amide bonds. The minimum absolute atomic E-state index is 0.124. The third-order valence-corrected chi connectivity index (χ3v) is 5.03. The average molecular weight is 334 g/mol. The maximum Gasteiger partial charge on any atom is 0.185 e.